The summed E-state index contributed by atoms with van der Waals surface area (Å²) < 4.78 is 0.323. The summed E-state index contributed by atoms with van der Waals surface area (Å²) >= 11 is 3.07. The summed E-state index contributed by atoms with van der Waals surface area (Å²) in [6, 6.07) is -0.779. The van der Waals surface area contributed by atoms with Gasteiger partial charge in [-0.1, -0.05) is 0 Å². The highest BCUT2D eigenvalue weighted by Crippen LogP contribution is 2.18. The summed E-state index contributed by atoms with van der Waals surface area (Å²) in [5.41, 5.74) is 10.7. The molecule has 1 aromatic rings. The fourth-order valence-electron chi connectivity index (χ4n) is 0.758. The minimum atomic E-state index is -0.779. The first-order chi connectivity index (χ1) is 6.54. The third-order valence-corrected chi connectivity index (χ3v) is 1.91. The topological polar surface area (TPSA) is 131 Å². The maximum Gasteiger partial charge on any atom is 0.319 e. The van der Waals surface area contributed by atoms with Crippen molar-refractivity contribution in [3.63, 3.8) is 0 Å². The Morgan fingerprint density at radius 1 is 1.57 bits per heavy atom. The van der Waals surface area contributed by atoms with Gasteiger partial charge in [-0.25, -0.2) is 9.78 Å². The predicted molar refractivity (Wildman–Crippen MR) is 55.2 cm³/mol. The van der Waals surface area contributed by atoms with Crippen molar-refractivity contribution in [2.24, 2.45) is 5.73 Å². The largest absolute Gasteiger partial charge is 0.383 e. The standard InChI is InChI=1S/C6H7BrN6O/c7-3-2(1-8)4(9)12-6(11-3)13-5(10)14/h1,8H,(H5,9,10,11,12,13,14). The Kier molecular flexibility index (Phi) is 2.97. The molecule has 74 valence electrons. The first kappa shape index (κ1) is 10.4. The third-order valence-electron chi connectivity index (χ3n) is 1.31. The van der Waals surface area contributed by atoms with Gasteiger partial charge in [-0.3, -0.25) is 5.32 Å². The monoisotopic (exact) mass is 258 g/mol. The van der Waals surface area contributed by atoms with Crippen molar-refractivity contribution in [3.05, 3.63) is 10.2 Å². The molecule has 0 saturated heterocycles. The number of nitrogens with zero attached hydrogens (tertiary/aromatic N) is 2. The van der Waals surface area contributed by atoms with Crippen LogP contribution in [0, 0.1) is 5.41 Å². The van der Waals surface area contributed by atoms with Crippen molar-refractivity contribution in [3.8, 4) is 0 Å². The van der Waals surface area contributed by atoms with E-state index in [1.807, 2.05) is 0 Å². The quantitative estimate of drug-likeness (QED) is 0.449. The van der Waals surface area contributed by atoms with E-state index in [2.05, 4.69) is 31.2 Å². The van der Waals surface area contributed by atoms with Crippen LogP contribution < -0.4 is 16.8 Å². The van der Waals surface area contributed by atoms with E-state index in [4.69, 9.17) is 16.9 Å². The normalized spacial score (nSPS) is 9.50. The van der Waals surface area contributed by atoms with E-state index in [0.29, 0.717) is 10.2 Å². The summed E-state index contributed by atoms with van der Waals surface area (Å²) in [7, 11) is 0. The number of amides is 2. The number of rotatable bonds is 2. The van der Waals surface area contributed by atoms with Gasteiger partial charge in [-0.2, -0.15) is 4.98 Å². The number of carbonyl (C=O) groups excluding carboxylic acids is 1. The number of urea groups is 1. The van der Waals surface area contributed by atoms with Crippen molar-refractivity contribution in [2.75, 3.05) is 11.1 Å². The molecule has 0 aliphatic carbocycles. The molecule has 0 aliphatic heterocycles. The van der Waals surface area contributed by atoms with Crippen LogP contribution in [0.3, 0.4) is 0 Å². The zero-order valence-corrected chi connectivity index (χ0v) is 8.50. The van der Waals surface area contributed by atoms with Crippen LogP contribution in [0.5, 0.6) is 0 Å². The van der Waals surface area contributed by atoms with Crippen LogP contribution in [0.25, 0.3) is 0 Å². The van der Waals surface area contributed by atoms with E-state index in [-0.39, 0.29) is 11.8 Å². The van der Waals surface area contributed by atoms with Gasteiger partial charge in [0.1, 0.15) is 10.4 Å². The summed E-state index contributed by atoms with van der Waals surface area (Å²) in [6.07, 6.45) is 1.01. The lowest BCUT2D eigenvalue weighted by molar-refractivity contribution is 0.259. The highest BCUT2D eigenvalue weighted by atomic mass is 79.9. The van der Waals surface area contributed by atoms with Crippen LogP contribution in [0.15, 0.2) is 4.60 Å². The summed E-state index contributed by atoms with van der Waals surface area (Å²) in [4.78, 5) is 18.0. The molecule has 0 aliphatic rings. The molecule has 1 aromatic heterocycles. The van der Waals surface area contributed by atoms with Gasteiger partial charge < -0.3 is 16.9 Å². The molecule has 0 atom stereocenters. The van der Waals surface area contributed by atoms with E-state index in [1.54, 1.807) is 0 Å². The third kappa shape index (κ3) is 2.16. The maximum atomic E-state index is 10.5. The lowest BCUT2D eigenvalue weighted by Gasteiger charge is -2.04. The molecule has 0 saturated carbocycles. The van der Waals surface area contributed by atoms with Crippen LogP contribution in [-0.4, -0.2) is 22.2 Å². The van der Waals surface area contributed by atoms with Gasteiger partial charge in [0.05, 0.1) is 5.56 Å². The van der Waals surface area contributed by atoms with Gasteiger partial charge in [-0.15, -0.1) is 0 Å². The Morgan fingerprint density at radius 2 is 2.21 bits per heavy atom. The fraction of sp³-hybridized carbons (Fsp3) is 0. The number of hydrogen-bond donors (Lipinski definition) is 4. The Morgan fingerprint density at radius 3 is 2.64 bits per heavy atom. The number of carbonyl (C=O) groups is 1. The van der Waals surface area contributed by atoms with Crippen molar-refractivity contribution in [2.45, 2.75) is 0 Å². The zero-order chi connectivity index (χ0) is 10.7. The van der Waals surface area contributed by atoms with Crippen LogP contribution >= 0.6 is 15.9 Å². The van der Waals surface area contributed by atoms with Gasteiger partial charge in [0.15, 0.2) is 0 Å². The number of aromatic nitrogens is 2. The molecule has 1 rings (SSSR count). The smallest absolute Gasteiger partial charge is 0.319 e. The maximum absolute atomic E-state index is 10.5. The van der Waals surface area contributed by atoms with Crippen LogP contribution in [0.1, 0.15) is 5.56 Å². The number of nitrogen functional groups attached to an aromatic ring is 1. The molecule has 14 heavy (non-hydrogen) atoms. The lowest BCUT2D eigenvalue weighted by atomic mass is 10.3. The molecule has 1 heterocycles. The van der Waals surface area contributed by atoms with Gasteiger partial charge in [0.2, 0.25) is 5.95 Å². The van der Waals surface area contributed by atoms with E-state index in [1.165, 1.54) is 0 Å². The SMILES string of the molecule is N=Cc1c(N)nc(NC(N)=O)nc1Br. The van der Waals surface area contributed by atoms with E-state index >= 15 is 0 Å². The van der Waals surface area contributed by atoms with Crippen molar-refractivity contribution < 1.29 is 4.79 Å². The molecule has 8 heteroatoms. The minimum Gasteiger partial charge on any atom is -0.383 e. The van der Waals surface area contributed by atoms with E-state index in [0.717, 1.165) is 6.21 Å². The highest BCUT2D eigenvalue weighted by Gasteiger charge is 2.08. The highest BCUT2D eigenvalue weighted by molar-refractivity contribution is 9.10. The molecule has 0 bridgehead atoms. The van der Waals surface area contributed by atoms with Gasteiger partial charge in [0, 0.05) is 6.21 Å². The number of primary amides is 1. The fourth-order valence-corrected chi connectivity index (χ4v) is 1.24. The van der Waals surface area contributed by atoms with E-state index < -0.39 is 6.03 Å². The number of nitrogens with one attached hydrogen (secondary N) is 2. The Hall–Kier alpha value is -1.70. The molecule has 2 amide bonds. The molecule has 7 nitrogen and oxygen atoms in total. The van der Waals surface area contributed by atoms with E-state index in [9.17, 15) is 4.79 Å². The first-order valence-electron chi connectivity index (χ1n) is 3.44. The molecule has 0 unspecified atom stereocenters. The summed E-state index contributed by atoms with van der Waals surface area (Å²) in [6.45, 7) is 0. The molecule has 0 aromatic carbocycles. The number of hydrogen-bond acceptors (Lipinski definition) is 5. The molecule has 0 fully saturated rings. The number of halogens is 1. The van der Waals surface area contributed by atoms with Crippen LogP contribution in [-0.2, 0) is 0 Å². The van der Waals surface area contributed by atoms with Crippen molar-refractivity contribution in [1.29, 1.82) is 5.41 Å². The minimum absolute atomic E-state index is 0.00697. The second-order valence-corrected chi connectivity index (χ2v) is 3.02. The molecule has 0 radical (unpaired) electrons. The van der Waals surface area contributed by atoms with Crippen LogP contribution in [0.4, 0.5) is 16.6 Å². The van der Waals surface area contributed by atoms with Gasteiger partial charge in [0.25, 0.3) is 0 Å². The second kappa shape index (κ2) is 4.01. The molecule has 0 spiro atoms. The Bertz CT molecular complexity index is 369. The average molecular weight is 259 g/mol. The number of anilines is 2. The predicted octanol–water partition coefficient (Wildman–Crippen LogP) is 0.310. The summed E-state index contributed by atoms with van der Waals surface area (Å²) in [5, 5.41) is 9.18. The van der Waals surface area contributed by atoms with Crippen molar-refractivity contribution in [1.82, 2.24) is 9.97 Å². The molecular weight excluding hydrogens is 252 g/mol. The van der Waals surface area contributed by atoms with Gasteiger partial charge >= 0.3 is 6.03 Å². The first-order valence-corrected chi connectivity index (χ1v) is 4.24. The summed E-state index contributed by atoms with van der Waals surface area (Å²) in [5.74, 6) is 0.0816. The number of nitrogens with two attached hydrogens (primary N) is 2. The zero-order valence-electron chi connectivity index (χ0n) is 6.91. The Balaban J connectivity index is 3.13. The molecular formula is C6H7BrN6O. The van der Waals surface area contributed by atoms with Crippen LogP contribution in [0.2, 0.25) is 0 Å². The Labute approximate surface area is 87.5 Å². The molecule has 6 N–H and O–H groups in total. The van der Waals surface area contributed by atoms with Gasteiger partial charge in [-0.05, 0) is 15.9 Å². The lowest BCUT2D eigenvalue weighted by Crippen LogP contribution is -2.21. The second-order valence-electron chi connectivity index (χ2n) is 2.27. The van der Waals surface area contributed by atoms with Crippen molar-refractivity contribution >= 4 is 39.9 Å². The average Bonchev–Trinajstić information content (AvgIpc) is 2.01.